The molecule has 6 heteroatoms. The van der Waals surface area contributed by atoms with E-state index < -0.39 is 4.92 Å². The quantitative estimate of drug-likeness (QED) is 0.449. The van der Waals surface area contributed by atoms with E-state index in [1.165, 1.54) is 12.1 Å². The summed E-state index contributed by atoms with van der Waals surface area (Å²) >= 11 is 3.57. The highest BCUT2D eigenvalue weighted by molar-refractivity contribution is 9.09. The Bertz CT molecular complexity index is 494. The van der Waals surface area contributed by atoms with Gasteiger partial charge < -0.3 is 9.47 Å². The van der Waals surface area contributed by atoms with Crippen molar-refractivity contribution in [3.63, 3.8) is 0 Å². The predicted octanol–water partition coefficient (Wildman–Crippen LogP) is 3.61. The maximum absolute atomic E-state index is 10.7. The van der Waals surface area contributed by atoms with Gasteiger partial charge >= 0.3 is 0 Å². The number of hydrogen-bond donors (Lipinski definition) is 0. The predicted molar refractivity (Wildman–Crippen MR) is 79.6 cm³/mol. The van der Waals surface area contributed by atoms with Crippen LogP contribution in [0.4, 0.5) is 5.69 Å². The number of rotatable bonds is 6. The molecule has 1 saturated carbocycles. The Labute approximate surface area is 126 Å². The second kappa shape index (κ2) is 6.54. The fourth-order valence-electron chi connectivity index (χ4n) is 2.15. The average Bonchev–Trinajstić information content (AvgIpc) is 2.40. The van der Waals surface area contributed by atoms with Gasteiger partial charge in [0.2, 0.25) is 0 Å². The lowest BCUT2D eigenvalue weighted by Crippen LogP contribution is -2.52. The molecule has 0 heterocycles. The number of aryl methyl sites for hydroxylation is 1. The largest absolute Gasteiger partial charge is 0.487 e. The molecule has 0 saturated heterocycles. The highest BCUT2D eigenvalue weighted by Crippen LogP contribution is 2.35. The average molecular weight is 344 g/mol. The van der Waals surface area contributed by atoms with Crippen LogP contribution in [0.15, 0.2) is 18.2 Å². The summed E-state index contributed by atoms with van der Waals surface area (Å²) in [5.41, 5.74) is 0.854. The first-order chi connectivity index (χ1) is 9.52. The molecule has 0 aliphatic heterocycles. The molecule has 1 aromatic carbocycles. The van der Waals surface area contributed by atoms with Crippen molar-refractivity contribution in [2.24, 2.45) is 0 Å². The van der Waals surface area contributed by atoms with E-state index in [0.717, 1.165) is 18.4 Å². The van der Waals surface area contributed by atoms with Gasteiger partial charge in [-0.3, -0.25) is 10.1 Å². The summed E-state index contributed by atoms with van der Waals surface area (Å²) in [6, 6.07) is 4.65. The SMILES string of the molecule is CCCOC1C(Br)CC1Oc1ccc([N+](=O)[O-])cc1C. The van der Waals surface area contributed by atoms with E-state index in [1.807, 2.05) is 6.92 Å². The van der Waals surface area contributed by atoms with Crippen LogP contribution < -0.4 is 4.74 Å². The second-order valence-corrected chi connectivity index (χ2v) is 6.13. The van der Waals surface area contributed by atoms with E-state index >= 15 is 0 Å². The van der Waals surface area contributed by atoms with Crippen LogP contribution in [-0.4, -0.2) is 28.6 Å². The lowest BCUT2D eigenvalue weighted by molar-refractivity contribution is -0.384. The molecule has 0 bridgehead atoms. The van der Waals surface area contributed by atoms with Gasteiger partial charge in [-0.15, -0.1) is 0 Å². The highest BCUT2D eigenvalue weighted by Gasteiger charge is 2.42. The molecule has 1 aliphatic carbocycles. The summed E-state index contributed by atoms with van der Waals surface area (Å²) in [7, 11) is 0. The summed E-state index contributed by atoms with van der Waals surface area (Å²) in [6.07, 6.45) is 1.90. The number of nitrogens with zero attached hydrogens (tertiary/aromatic N) is 1. The van der Waals surface area contributed by atoms with Gasteiger partial charge in [0.05, 0.1) is 4.92 Å². The number of alkyl halides is 1. The Balaban J connectivity index is 2.01. The lowest BCUT2D eigenvalue weighted by atomic mass is 9.91. The van der Waals surface area contributed by atoms with Gasteiger partial charge in [-0.05, 0) is 25.0 Å². The molecule has 20 heavy (non-hydrogen) atoms. The van der Waals surface area contributed by atoms with E-state index in [-0.39, 0.29) is 17.9 Å². The Hall–Kier alpha value is -1.14. The summed E-state index contributed by atoms with van der Waals surface area (Å²) in [4.78, 5) is 10.6. The molecule has 3 atom stereocenters. The van der Waals surface area contributed by atoms with Crippen LogP contribution in [0.25, 0.3) is 0 Å². The van der Waals surface area contributed by atoms with Crippen molar-refractivity contribution in [1.29, 1.82) is 0 Å². The van der Waals surface area contributed by atoms with Crippen molar-refractivity contribution in [1.82, 2.24) is 0 Å². The summed E-state index contributed by atoms with van der Waals surface area (Å²) < 4.78 is 11.7. The lowest BCUT2D eigenvalue weighted by Gasteiger charge is -2.41. The second-order valence-electron chi connectivity index (χ2n) is 4.95. The summed E-state index contributed by atoms with van der Waals surface area (Å²) in [6.45, 7) is 4.60. The van der Waals surface area contributed by atoms with Gasteiger partial charge in [-0.1, -0.05) is 22.9 Å². The number of nitro benzene ring substituents is 1. The van der Waals surface area contributed by atoms with Crippen molar-refractivity contribution >= 4 is 21.6 Å². The number of hydrogen-bond acceptors (Lipinski definition) is 4. The first-order valence-electron chi connectivity index (χ1n) is 6.70. The zero-order chi connectivity index (χ0) is 14.7. The topological polar surface area (TPSA) is 61.6 Å². The highest BCUT2D eigenvalue weighted by atomic mass is 79.9. The van der Waals surface area contributed by atoms with Crippen molar-refractivity contribution in [3.05, 3.63) is 33.9 Å². The Kier molecular flexibility index (Phi) is 4.99. The Morgan fingerprint density at radius 1 is 1.50 bits per heavy atom. The molecule has 1 aromatic rings. The number of ether oxygens (including phenoxy) is 2. The standard InChI is InChI=1S/C14H18BrNO4/c1-3-6-19-14-11(15)8-13(14)20-12-5-4-10(16(17)18)7-9(12)2/h4-5,7,11,13-14H,3,6,8H2,1-2H3. The smallest absolute Gasteiger partial charge is 0.269 e. The van der Waals surface area contributed by atoms with Crippen molar-refractivity contribution in [2.45, 2.75) is 43.7 Å². The van der Waals surface area contributed by atoms with E-state index in [0.29, 0.717) is 17.2 Å². The third kappa shape index (κ3) is 3.30. The third-order valence-corrected chi connectivity index (χ3v) is 4.24. The Morgan fingerprint density at radius 2 is 2.25 bits per heavy atom. The Morgan fingerprint density at radius 3 is 2.80 bits per heavy atom. The molecular weight excluding hydrogens is 326 g/mol. The first-order valence-corrected chi connectivity index (χ1v) is 7.62. The van der Waals surface area contributed by atoms with Gasteiger partial charge in [0.1, 0.15) is 18.0 Å². The van der Waals surface area contributed by atoms with Crippen LogP contribution >= 0.6 is 15.9 Å². The molecule has 2 rings (SSSR count). The molecule has 0 amide bonds. The molecule has 0 N–H and O–H groups in total. The van der Waals surface area contributed by atoms with Gasteiger partial charge in [0, 0.05) is 30.0 Å². The zero-order valence-electron chi connectivity index (χ0n) is 11.5. The van der Waals surface area contributed by atoms with Gasteiger partial charge in [0.25, 0.3) is 5.69 Å². The first kappa shape index (κ1) is 15.3. The molecule has 110 valence electrons. The van der Waals surface area contributed by atoms with Crippen LogP contribution in [0.5, 0.6) is 5.75 Å². The van der Waals surface area contributed by atoms with Crippen LogP contribution in [-0.2, 0) is 4.74 Å². The maximum Gasteiger partial charge on any atom is 0.269 e. The molecule has 5 nitrogen and oxygen atoms in total. The van der Waals surface area contributed by atoms with E-state index in [1.54, 1.807) is 6.07 Å². The molecule has 3 unspecified atom stereocenters. The van der Waals surface area contributed by atoms with Crippen LogP contribution in [0.3, 0.4) is 0 Å². The summed E-state index contributed by atoms with van der Waals surface area (Å²) in [5.74, 6) is 0.685. The number of halogens is 1. The summed E-state index contributed by atoms with van der Waals surface area (Å²) in [5, 5.41) is 10.7. The molecule has 0 radical (unpaired) electrons. The zero-order valence-corrected chi connectivity index (χ0v) is 13.1. The monoisotopic (exact) mass is 343 g/mol. The molecule has 1 aliphatic rings. The van der Waals surface area contributed by atoms with Crippen LogP contribution in [0.2, 0.25) is 0 Å². The maximum atomic E-state index is 10.7. The van der Waals surface area contributed by atoms with Crippen LogP contribution in [0, 0.1) is 17.0 Å². The molecule has 0 aromatic heterocycles. The van der Waals surface area contributed by atoms with Crippen LogP contribution in [0.1, 0.15) is 25.3 Å². The van der Waals surface area contributed by atoms with E-state index in [4.69, 9.17) is 9.47 Å². The number of nitro groups is 1. The fraction of sp³-hybridized carbons (Fsp3) is 0.571. The van der Waals surface area contributed by atoms with E-state index in [2.05, 4.69) is 22.9 Å². The van der Waals surface area contributed by atoms with Crippen molar-refractivity contribution in [2.75, 3.05) is 6.61 Å². The minimum Gasteiger partial charge on any atom is -0.487 e. The van der Waals surface area contributed by atoms with E-state index in [9.17, 15) is 10.1 Å². The molecular formula is C14H18BrNO4. The molecule has 0 spiro atoms. The number of non-ortho nitro benzene ring substituents is 1. The minimum atomic E-state index is -0.401. The van der Waals surface area contributed by atoms with Crippen molar-refractivity contribution < 1.29 is 14.4 Å². The van der Waals surface area contributed by atoms with Gasteiger partial charge in [-0.2, -0.15) is 0 Å². The number of benzene rings is 1. The molecule has 1 fully saturated rings. The van der Waals surface area contributed by atoms with Gasteiger partial charge in [0.15, 0.2) is 0 Å². The van der Waals surface area contributed by atoms with Gasteiger partial charge in [-0.25, -0.2) is 0 Å². The normalized spacial score (nSPS) is 25.1. The fourth-order valence-corrected chi connectivity index (χ4v) is 3.01. The minimum absolute atomic E-state index is 0.00563. The third-order valence-electron chi connectivity index (χ3n) is 3.34. The van der Waals surface area contributed by atoms with Crippen molar-refractivity contribution in [3.8, 4) is 5.75 Å².